The molecule has 0 radical (unpaired) electrons. The van der Waals surface area contributed by atoms with Crippen LogP contribution < -0.4 is 10.2 Å². The van der Waals surface area contributed by atoms with Crippen LogP contribution in [0.15, 0.2) is 42.5 Å². The molecule has 1 saturated heterocycles. The van der Waals surface area contributed by atoms with Gasteiger partial charge in [0.15, 0.2) is 5.78 Å². The fourth-order valence-electron chi connectivity index (χ4n) is 3.53. The highest BCUT2D eigenvalue weighted by atomic mass is 35.5. The van der Waals surface area contributed by atoms with E-state index in [1.165, 1.54) is 5.69 Å². The Morgan fingerprint density at radius 1 is 1.00 bits per heavy atom. The Morgan fingerprint density at radius 3 is 2.31 bits per heavy atom. The van der Waals surface area contributed by atoms with Crippen molar-refractivity contribution in [1.29, 1.82) is 0 Å². The molecule has 2 aromatic carbocycles. The molecule has 29 heavy (non-hydrogen) atoms. The molecule has 0 bridgehead atoms. The number of anilines is 2. The van der Waals surface area contributed by atoms with Crippen molar-refractivity contribution in [2.75, 3.05) is 42.9 Å². The molecule has 0 saturated carbocycles. The van der Waals surface area contributed by atoms with Gasteiger partial charge in [-0.05, 0) is 61.5 Å². The summed E-state index contributed by atoms with van der Waals surface area (Å²) in [5.74, 6) is -0.213. The molecule has 2 aromatic rings. The molecule has 5 nitrogen and oxygen atoms in total. The third-order valence-corrected chi connectivity index (χ3v) is 5.67. The molecule has 1 N–H and O–H groups in total. The van der Waals surface area contributed by atoms with E-state index in [9.17, 15) is 9.59 Å². The second-order valence-electron chi connectivity index (χ2n) is 7.40. The molecule has 0 unspecified atom stereocenters. The molecule has 0 aliphatic carbocycles. The van der Waals surface area contributed by atoms with Gasteiger partial charge in [-0.25, -0.2) is 0 Å². The molecule has 0 spiro atoms. The molecule has 154 valence electrons. The highest BCUT2D eigenvalue weighted by molar-refractivity contribution is 6.30. The number of hydrogen-bond donors (Lipinski definition) is 1. The fourth-order valence-corrected chi connectivity index (χ4v) is 3.65. The number of aryl methyl sites for hydroxylation is 1. The molecule has 0 atom stereocenters. The topological polar surface area (TPSA) is 52.6 Å². The predicted octanol–water partition coefficient (Wildman–Crippen LogP) is 4.39. The quantitative estimate of drug-likeness (QED) is 0.684. The van der Waals surface area contributed by atoms with Gasteiger partial charge in [0.1, 0.15) is 0 Å². The van der Waals surface area contributed by atoms with E-state index in [2.05, 4.69) is 34.2 Å². The molecule has 0 aromatic heterocycles. The summed E-state index contributed by atoms with van der Waals surface area (Å²) in [6, 6.07) is 12.9. The van der Waals surface area contributed by atoms with Crippen molar-refractivity contribution in [3.8, 4) is 0 Å². The fraction of sp³-hybridized carbons (Fsp3) is 0.391. The van der Waals surface area contributed by atoms with E-state index in [-0.39, 0.29) is 24.5 Å². The van der Waals surface area contributed by atoms with Gasteiger partial charge in [0.05, 0.1) is 0 Å². The minimum atomic E-state index is -0.153. The lowest BCUT2D eigenvalue weighted by molar-refractivity contribution is -0.116. The molecule has 1 amide bonds. The Labute approximate surface area is 177 Å². The number of Topliss-reactive ketones (excluding diaryl/α,β-unsaturated/α-hetero) is 1. The van der Waals surface area contributed by atoms with Gasteiger partial charge in [-0.15, -0.1) is 0 Å². The van der Waals surface area contributed by atoms with Crippen LogP contribution in [-0.4, -0.2) is 49.3 Å². The highest BCUT2D eigenvalue weighted by Crippen LogP contribution is 2.24. The van der Waals surface area contributed by atoms with E-state index in [0.29, 0.717) is 10.6 Å². The first-order chi connectivity index (χ1) is 14.0. The summed E-state index contributed by atoms with van der Waals surface area (Å²) in [4.78, 5) is 29.4. The first-order valence-corrected chi connectivity index (χ1v) is 10.5. The zero-order valence-corrected chi connectivity index (χ0v) is 17.8. The predicted molar refractivity (Wildman–Crippen MR) is 119 cm³/mol. The maximum Gasteiger partial charge on any atom is 0.224 e. The number of nitrogens with one attached hydrogen (secondary N) is 1. The zero-order chi connectivity index (χ0) is 20.8. The molecule has 1 aliphatic heterocycles. The van der Waals surface area contributed by atoms with Crippen molar-refractivity contribution in [2.24, 2.45) is 0 Å². The molecule has 1 fully saturated rings. The SMILES string of the molecule is CCN1CCN(c2ccc(NC(=O)CCC(=O)c3ccc(Cl)cc3)c(C)c2)CC1. The lowest BCUT2D eigenvalue weighted by Gasteiger charge is -2.35. The Kier molecular flexibility index (Phi) is 7.29. The van der Waals surface area contributed by atoms with Gasteiger partial charge in [0.25, 0.3) is 0 Å². The largest absolute Gasteiger partial charge is 0.369 e. The number of ketones is 1. The van der Waals surface area contributed by atoms with Crippen molar-refractivity contribution < 1.29 is 9.59 Å². The van der Waals surface area contributed by atoms with E-state index >= 15 is 0 Å². The smallest absolute Gasteiger partial charge is 0.224 e. The molecule has 1 aliphatic rings. The number of piperazine rings is 1. The maximum atomic E-state index is 12.3. The van der Waals surface area contributed by atoms with Crippen LogP contribution in [0.3, 0.4) is 0 Å². The van der Waals surface area contributed by atoms with Gasteiger partial charge in [-0.2, -0.15) is 0 Å². The van der Waals surface area contributed by atoms with Crippen molar-refractivity contribution in [3.63, 3.8) is 0 Å². The van der Waals surface area contributed by atoms with Gasteiger partial charge >= 0.3 is 0 Å². The van der Waals surface area contributed by atoms with E-state index in [1.54, 1.807) is 24.3 Å². The summed E-state index contributed by atoms with van der Waals surface area (Å²) >= 11 is 5.84. The van der Waals surface area contributed by atoms with Crippen LogP contribution in [-0.2, 0) is 4.79 Å². The number of hydrogen-bond acceptors (Lipinski definition) is 4. The highest BCUT2D eigenvalue weighted by Gasteiger charge is 2.17. The van der Waals surface area contributed by atoms with Crippen LogP contribution in [0.2, 0.25) is 5.02 Å². The Morgan fingerprint density at radius 2 is 1.69 bits per heavy atom. The summed E-state index contributed by atoms with van der Waals surface area (Å²) in [6.45, 7) is 9.49. The summed E-state index contributed by atoms with van der Waals surface area (Å²) in [7, 11) is 0. The zero-order valence-electron chi connectivity index (χ0n) is 17.1. The number of carbonyl (C=O) groups is 2. The number of carbonyl (C=O) groups excluding carboxylic acids is 2. The standard InChI is InChI=1S/C23H28ClN3O2/c1-3-26-12-14-27(15-13-26)20-8-9-21(17(2)16-20)25-23(29)11-10-22(28)18-4-6-19(24)7-5-18/h4-9,16H,3,10-15H2,1-2H3,(H,25,29). The monoisotopic (exact) mass is 413 g/mol. The molecular weight excluding hydrogens is 386 g/mol. The maximum absolute atomic E-state index is 12.3. The van der Waals surface area contributed by atoms with Gasteiger partial charge < -0.3 is 15.1 Å². The Hall–Kier alpha value is -2.37. The molecular formula is C23H28ClN3O2. The average molecular weight is 414 g/mol. The van der Waals surface area contributed by atoms with Crippen LogP contribution in [0.4, 0.5) is 11.4 Å². The van der Waals surface area contributed by atoms with Gasteiger partial charge in [0, 0.05) is 61.0 Å². The summed E-state index contributed by atoms with van der Waals surface area (Å²) in [6.07, 6.45) is 0.327. The minimum absolute atomic E-state index is 0.0601. The number of benzene rings is 2. The van der Waals surface area contributed by atoms with Gasteiger partial charge in [0.2, 0.25) is 5.91 Å². The number of halogens is 1. The second-order valence-corrected chi connectivity index (χ2v) is 7.84. The average Bonchev–Trinajstić information content (AvgIpc) is 2.74. The van der Waals surface area contributed by atoms with Crippen molar-refractivity contribution >= 4 is 34.7 Å². The van der Waals surface area contributed by atoms with Crippen LogP contribution >= 0.6 is 11.6 Å². The number of nitrogens with zero attached hydrogens (tertiary/aromatic N) is 2. The minimum Gasteiger partial charge on any atom is -0.369 e. The van der Waals surface area contributed by atoms with E-state index in [4.69, 9.17) is 11.6 Å². The normalized spacial score (nSPS) is 14.7. The third-order valence-electron chi connectivity index (χ3n) is 5.41. The van der Waals surface area contributed by atoms with Gasteiger partial charge in [-0.3, -0.25) is 9.59 Å². The van der Waals surface area contributed by atoms with E-state index < -0.39 is 0 Å². The lowest BCUT2D eigenvalue weighted by Crippen LogP contribution is -2.46. The van der Waals surface area contributed by atoms with Crippen molar-refractivity contribution in [1.82, 2.24) is 4.90 Å². The van der Waals surface area contributed by atoms with Crippen molar-refractivity contribution in [3.05, 3.63) is 58.6 Å². The Bertz CT molecular complexity index is 859. The lowest BCUT2D eigenvalue weighted by atomic mass is 10.1. The van der Waals surface area contributed by atoms with Crippen LogP contribution in [0, 0.1) is 6.92 Å². The van der Waals surface area contributed by atoms with Crippen molar-refractivity contribution in [2.45, 2.75) is 26.7 Å². The molecule has 1 heterocycles. The van der Waals surface area contributed by atoms with E-state index in [0.717, 1.165) is 44.0 Å². The summed E-state index contributed by atoms with van der Waals surface area (Å²) in [5.41, 5.74) is 3.59. The summed E-state index contributed by atoms with van der Waals surface area (Å²) in [5, 5.41) is 3.52. The third kappa shape index (κ3) is 5.81. The van der Waals surface area contributed by atoms with Gasteiger partial charge in [-0.1, -0.05) is 18.5 Å². The molecule has 6 heteroatoms. The molecule has 3 rings (SSSR count). The van der Waals surface area contributed by atoms with Crippen LogP contribution in [0.1, 0.15) is 35.7 Å². The Balaban J connectivity index is 1.52. The first kappa shape index (κ1) is 21.3. The number of likely N-dealkylation sites (N-methyl/N-ethyl adjacent to an activating group) is 1. The first-order valence-electron chi connectivity index (χ1n) is 10.1. The van der Waals surface area contributed by atoms with Crippen LogP contribution in [0.5, 0.6) is 0 Å². The second kappa shape index (κ2) is 9.90. The van der Waals surface area contributed by atoms with Crippen LogP contribution in [0.25, 0.3) is 0 Å². The number of rotatable bonds is 7. The summed E-state index contributed by atoms with van der Waals surface area (Å²) < 4.78 is 0. The number of amides is 1. The van der Waals surface area contributed by atoms with E-state index in [1.807, 2.05) is 13.0 Å².